The molecule has 2 fully saturated rings. The summed E-state index contributed by atoms with van der Waals surface area (Å²) < 4.78 is 0. The maximum atomic E-state index is 13.8. The number of piperidine rings is 2. The van der Waals surface area contributed by atoms with Gasteiger partial charge in [-0.25, -0.2) is 0 Å². The Morgan fingerprint density at radius 3 is 2.47 bits per heavy atom. The molecule has 190 valence electrons. The van der Waals surface area contributed by atoms with E-state index in [-0.39, 0.29) is 29.6 Å². The molecule has 3 aliphatic rings. The number of benzene rings is 2. The molecular formula is C27H30Cl2N4O3. The first-order valence-corrected chi connectivity index (χ1v) is 13.2. The van der Waals surface area contributed by atoms with Crippen LogP contribution in [0.3, 0.4) is 0 Å². The quantitative estimate of drug-likeness (QED) is 0.616. The van der Waals surface area contributed by atoms with Crippen LogP contribution in [0, 0.1) is 11.8 Å². The van der Waals surface area contributed by atoms with Crippen LogP contribution < -0.4 is 11.1 Å². The van der Waals surface area contributed by atoms with E-state index in [2.05, 4.69) is 10.2 Å². The Morgan fingerprint density at radius 1 is 1.00 bits per heavy atom. The Labute approximate surface area is 220 Å². The van der Waals surface area contributed by atoms with E-state index in [9.17, 15) is 14.4 Å². The molecule has 9 heteroatoms. The normalized spacial score (nSPS) is 24.9. The third-order valence-corrected chi connectivity index (χ3v) is 8.39. The fourth-order valence-electron chi connectivity index (χ4n) is 6.04. The van der Waals surface area contributed by atoms with Gasteiger partial charge in [0.05, 0.1) is 5.92 Å². The standard InChI is InChI=1S/C27H30Cl2N4O3/c28-20-5-1-3-17(13-20)15-27(22-7-6-21(29)14-23(22)31-26(27)36)33-10-2-4-19(16-33)25(35)32-11-8-18(9-12-32)24(30)34/h1,3,5-7,13-14,18-19H,2,4,8-12,15-16H2,(H2,30,34)(H,31,36). The van der Waals surface area contributed by atoms with Crippen molar-refractivity contribution in [3.63, 3.8) is 0 Å². The summed E-state index contributed by atoms with van der Waals surface area (Å²) in [5, 5.41) is 4.22. The van der Waals surface area contributed by atoms with Crippen molar-refractivity contribution < 1.29 is 14.4 Å². The van der Waals surface area contributed by atoms with Crippen LogP contribution >= 0.6 is 23.2 Å². The van der Waals surface area contributed by atoms with Gasteiger partial charge in [0, 0.05) is 53.3 Å². The maximum absolute atomic E-state index is 13.8. The molecule has 2 saturated heterocycles. The molecule has 0 saturated carbocycles. The van der Waals surface area contributed by atoms with E-state index in [1.165, 1.54) is 0 Å². The van der Waals surface area contributed by atoms with Crippen LogP contribution in [0.1, 0.15) is 36.8 Å². The largest absolute Gasteiger partial charge is 0.369 e. The zero-order chi connectivity index (χ0) is 25.4. The molecule has 2 atom stereocenters. The van der Waals surface area contributed by atoms with Crippen LogP contribution in [0.15, 0.2) is 42.5 Å². The summed E-state index contributed by atoms with van der Waals surface area (Å²) in [5.41, 5.74) is 7.01. The van der Waals surface area contributed by atoms with Crippen LogP contribution in [0.5, 0.6) is 0 Å². The fourth-order valence-corrected chi connectivity index (χ4v) is 6.43. The molecule has 3 amide bonds. The lowest BCUT2D eigenvalue weighted by Crippen LogP contribution is -2.58. The van der Waals surface area contributed by atoms with Crippen molar-refractivity contribution in [1.82, 2.24) is 9.80 Å². The highest BCUT2D eigenvalue weighted by Crippen LogP contribution is 2.45. The van der Waals surface area contributed by atoms with Crippen LogP contribution in [0.4, 0.5) is 5.69 Å². The molecule has 0 bridgehead atoms. The molecular weight excluding hydrogens is 499 g/mol. The van der Waals surface area contributed by atoms with Gasteiger partial charge < -0.3 is 16.0 Å². The van der Waals surface area contributed by atoms with E-state index in [4.69, 9.17) is 28.9 Å². The average molecular weight is 529 g/mol. The minimum Gasteiger partial charge on any atom is -0.369 e. The van der Waals surface area contributed by atoms with Gasteiger partial charge in [0.2, 0.25) is 17.7 Å². The van der Waals surface area contributed by atoms with E-state index >= 15 is 0 Å². The van der Waals surface area contributed by atoms with Crippen LogP contribution in [-0.2, 0) is 26.3 Å². The van der Waals surface area contributed by atoms with Gasteiger partial charge in [-0.1, -0.05) is 41.4 Å². The molecule has 3 N–H and O–H groups in total. The molecule has 0 radical (unpaired) electrons. The smallest absolute Gasteiger partial charge is 0.249 e. The first-order valence-electron chi connectivity index (χ1n) is 12.5. The number of primary amides is 1. The number of halogens is 2. The lowest BCUT2D eigenvalue weighted by atomic mass is 9.80. The average Bonchev–Trinajstić information content (AvgIpc) is 3.14. The SMILES string of the molecule is NC(=O)C1CCN(C(=O)C2CCCN(C3(Cc4cccc(Cl)c4)C(=O)Nc4cc(Cl)ccc43)C2)CC1. The van der Waals surface area contributed by atoms with Crippen molar-refractivity contribution in [3.8, 4) is 0 Å². The molecule has 3 aliphatic heterocycles. The van der Waals surface area contributed by atoms with Gasteiger partial charge in [0.1, 0.15) is 5.54 Å². The summed E-state index contributed by atoms with van der Waals surface area (Å²) in [6.07, 6.45) is 3.22. The molecule has 3 heterocycles. The fraction of sp³-hybridized carbons (Fsp3) is 0.444. The predicted octanol–water partition coefficient (Wildman–Crippen LogP) is 3.82. The zero-order valence-electron chi connectivity index (χ0n) is 20.0. The first kappa shape index (κ1) is 25.1. The second kappa shape index (κ2) is 10.0. The summed E-state index contributed by atoms with van der Waals surface area (Å²) in [4.78, 5) is 42.9. The number of fused-ring (bicyclic) bond motifs is 1. The van der Waals surface area contributed by atoms with E-state index in [1.54, 1.807) is 6.07 Å². The maximum Gasteiger partial charge on any atom is 0.249 e. The molecule has 0 aromatic heterocycles. The Balaban J connectivity index is 1.44. The van der Waals surface area contributed by atoms with Gasteiger partial charge in [-0.15, -0.1) is 0 Å². The molecule has 36 heavy (non-hydrogen) atoms. The minimum atomic E-state index is -0.970. The lowest BCUT2D eigenvalue weighted by molar-refractivity contribution is -0.143. The number of likely N-dealkylation sites (tertiary alicyclic amines) is 2. The van der Waals surface area contributed by atoms with Crippen LogP contribution in [0.2, 0.25) is 10.0 Å². The summed E-state index contributed by atoms with van der Waals surface area (Å²) in [6, 6.07) is 13.1. The highest BCUT2D eigenvalue weighted by atomic mass is 35.5. The van der Waals surface area contributed by atoms with Gasteiger partial charge in [0.15, 0.2) is 0 Å². The van der Waals surface area contributed by atoms with Gasteiger partial charge in [-0.3, -0.25) is 19.3 Å². The van der Waals surface area contributed by atoms with Gasteiger partial charge in [0.25, 0.3) is 0 Å². The van der Waals surface area contributed by atoms with Crippen LogP contribution in [-0.4, -0.2) is 53.7 Å². The van der Waals surface area contributed by atoms with Gasteiger partial charge in [-0.2, -0.15) is 0 Å². The number of nitrogens with zero attached hydrogens (tertiary/aromatic N) is 2. The van der Waals surface area contributed by atoms with Crippen molar-refractivity contribution in [2.45, 2.75) is 37.6 Å². The number of carbonyl (C=O) groups excluding carboxylic acids is 3. The van der Waals surface area contributed by atoms with E-state index in [0.29, 0.717) is 61.2 Å². The summed E-state index contributed by atoms with van der Waals surface area (Å²) in [5.74, 6) is -0.696. The van der Waals surface area contributed by atoms with Gasteiger partial charge >= 0.3 is 0 Å². The molecule has 0 spiro atoms. The molecule has 5 rings (SSSR count). The number of carbonyl (C=O) groups is 3. The van der Waals surface area contributed by atoms with E-state index in [1.807, 2.05) is 41.3 Å². The predicted molar refractivity (Wildman–Crippen MR) is 140 cm³/mol. The Morgan fingerprint density at radius 2 is 1.75 bits per heavy atom. The summed E-state index contributed by atoms with van der Waals surface area (Å²) >= 11 is 12.5. The van der Waals surface area contributed by atoms with Crippen molar-refractivity contribution in [2.75, 3.05) is 31.5 Å². The number of nitrogens with one attached hydrogen (secondary N) is 1. The number of hydrogen-bond donors (Lipinski definition) is 2. The minimum absolute atomic E-state index is 0.0928. The topological polar surface area (TPSA) is 95.7 Å². The van der Waals surface area contributed by atoms with Crippen molar-refractivity contribution >= 4 is 46.6 Å². The van der Waals surface area contributed by atoms with Crippen molar-refractivity contribution in [2.24, 2.45) is 17.6 Å². The number of nitrogens with two attached hydrogens (primary N) is 1. The lowest BCUT2D eigenvalue weighted by Gasteiger charge is -2.45. The zero-order valence-corrected chi connectivity index (χ0v) is 21.5. The number of rotatable bonds is 5. The second-order valence-corrected chi connectivity index (χ2v) is 11.0. The highest BCUT2D eigenvalue weighted by Gasteiger charge is 2.52. The van der Waals surface area contributed by atoms with Crippen molar-refractivity contribution in [3.05, 3.63) is 63.6 Å². The Kier molecular flexibility index (Phi) is 6.99. The van der Waals surface area contributed by atoms with E-state index in [0.717, 1.165) is 24.0 Å². The number of amides is 3. The Hall–Kier alpha value is -2.61. The van der Waals surface area contributed by atoms with Gasteiger partial charge in [-0.05, 0) is 62.1 Å². The first-order chi connectivity index (χ1) is 17.3. The monoisotopic (exact) mass is 528 g/mol. The number of hydrogen-bond acceptors (Lipinski definition) is 4. The highest BCUT2D eigenvalue weighted by molar-refractivity contribution is 6.31. The molecule has 7 nitrogen and oxygen atoms in total. The third-order valence-electron chi connectivity index (χ3n) is 7.92. The molecule has 2 aromatic rings. The summed E-state index contributed by atoms with van der Waals surface area (Å²) in [7, 11) is 0. The van der Waals surface area contributed by atoms with Crippen LogP contribution in [0.25, 0.3) is 0 Å². The molecule has 2 unspecified atom stereocenters. The number of anilines is 1. The van der Waals surface area contributed by atoms with Crippen molar-refractivity contribution in [1.29, 1.82) is 0 Å². The van der Waals surface area contributed by atoms with E-state index < -0.39 is 5.54 Å². The second-order valence-electron chi connectivity index (χ2n) is 10.1. The third kappa shape index (κ3) is 4.60. The molecule has 2 aromatic carbocycles. The Bertz CT molecular complexity index is 1200. The summed E-state index contributed by atoms with van der Waals surface area (Å²) in [6.45, 7) is 2.26. The molecule has 0 aliphatic carbocycles.